The van der Waals surface area contributed by atoms with E-state index in [0.717, 1.165) is 18.9 Å². The van der Waals surface area contributed by atoms with E-state index in [0.29, 0.717) is 32.6 Å². The van der Waals surface area contributed by atoms with Crippen molar-refractivity contribution in [3.8, 4) is 0 Å². The zero-order chi connectivity index (χ0) is 22.3. The van der Waals surface area contributed by atoms with Gasteiger partial charge >= 0.3 is 6.18 Å². The number of nitrogens with zero attached hydrogens (tertiary/aromatic N) is 2. The monoisotopic (exact) mass is 433 g/mol. The van der Waals surface area contributed by atoms with E-state index in [9.17, 15) is 22.8 Å². The number of hydrogen-bond donors (Lipinski definition) is 1. The third kappa shape index (κ3) is 6.82. The Morgan fingerprint density at radius 3 is 2.23 bits per heavy atom. The lowest BCUT2D eigenvalue weighted by Gasteiger charge is -2.34. The summed E-state index contributed by atoms with van der Waals surface area (Å²) in [4.78, 5) is 28.3. The number of aryl methyl sites for hydroxylation is 1. The van der Waals surface area contributed by atoms with E-state index in [2.05, 4.69) is 5.32 Å². The molecule has 0 bridgehead atoms. The molecule has 3 rings (SSSR count). The van der Waals surface area contributed by atoms with Crippen molar-refractivity contribution in [3.05, 3.63) is 65.7 Å². The number of rotatable bonds is 7. The maximum absolute atomic E-state index is 13.1. The summed E-state index contributed by atoms with van der Waals surface area (Å²) in [6.45, 7) is 2.03. The first-order valence-electron chi connectivity index (χ1n) is 10.3. The third-order valence-electron chi connectivity index (χ3n) is 5.30. The van der Waals surface area contributed by atoms with E-state index in [1.54, 1.807) is 4.90 Å². The van der Waals surface area contributed by atoms with Gasteiger partial charge in [0, 0.05) is 32.6 Å². The highest BCUT2D eigenvalue weighted by molar-refractivity contribution is 5.93. The molecule has 1 saturated heterocycles. The van der Waals surface area contributed by atoms with Gasteiger partial charge in [0.2, 0.25) is 11.8 Å². The van der Waals surface area contributed by atoms with Gasteiger partial charge in [-0.3, -0.25) is 14.5 Å². The highest BCUT2D eigenvalue weighted by Crippen LogP contribution is 2.34. The Morgan fingerprint density at radius 2 is 1.55 bits per heavy atom. The molecular formula is C23H26F3N3O2. The van der Waals surface area contributed by atoms with Crippen LogP contribution in [0.4, 0.5) is 18.9 Å². The molecule has 31 heavy (non-hydrogen) atoms. The minimum Gasteiger partial charge on any atom is -0.340 e. The molecule has 1 heterocycles. The fourth-order valence-corrected chi connectivity index (χ4v) is 3.63. The van der Waals surface area contributed by atoms with Crippen LogP contribution in [0.25, 0.3) is 0 Å². The molecule has 0 radical (unpaired) electrons. The van der Waals surface area contributed by atoms with Crippen molar-refractivity contribution in [2.45, 2.75) is 25.4 Å². The Bertz CT molecular complexity index is 879. The molecule has 0 atom stereocenters. The fourth-order valence-electron chi connectivity index (χ4n) is 3.63. The van der Waals surface area contributed by atoms with Crippen LogP contribution in [-0.4, -0.2) is 54.3 Å². The van der Waals surface area contributed by atoms with E-state index >= 15 is 0 Å². The van der Waals surface area contributed by atoms with Crippen LogP contribution in [0.2, 0.25) is 0 Å². The Labute approximate surface area is 179 Å². The third-order valence-corrected chi connectivity index (χ3v) is 5.30. The summed E-state index contributed by atoms with van der Waals surface area (Å²) < 4.78 is 39.2. The summed E-state index contributed by atoms with van der Waals surface area (Å²) in [6.07, 6.45) is -2.42. The number of para-hydroxylation sites is 1. The number of halogens is 3. The van der Waals surface area contributed by atoms with Crippen LogP contribution in [0.15, 0.2) is 54.6 Å². The van der Waals surface area contributed by atoms with Gasteiger partial charge in [0.15, 0.2) is 0 Å². The average Bonchev–Trinajstić information content (AvgIpc) is 2.74. The molecule has 0 saturated carbocycles. The van der Waals surface area contributed by atoms with Gasteiger partial charge in [-0.2, -0.15) is 13.2 Å². The highest BCUT2D eigenvalue weighted by Gasteiger charge is 2.33. The smallest absolute Gasteiger partial charge is 0.340 e. The predicted octanol–water partition coefficient (Wildman–Crippen LogP) is 3.81. The van der Waals surface area contributed by atoms with Gasteiger partial charge in [-0.05, 0) is 30.5 Å². The van der Waals surface area contributed by atoms with Crippen molar-refractivity contribution in [2.24, 2.45) is 0 Å². The molecule has 1 fully saturated rings. The molecule has 5 nitrogen and oxygen atoms in total. The van der Waals surface area contributed by atoms with E-state index in [1.165, 1.54) is 23.8 Å². The van der Waals surface area contributed by atoms with Crippen LogP contribution >= 0.6 is 0 Å². The van der Waals surface area contributed by atoms with Crippen molar-refractivity contribution in [3.63, 3.8) is 0 Å². The Hall–Kier alpha value is -2.87. The van der Waals surface area contributed by atoms with Crippen LogP contribution < -0.4 is 5.32 Å². The first-order chi connectivity index (χ1) is 14.8. The zero-order valence-electron chi connectivity index (χ0n) is 17.2. The minimum atomic E-state index is -4.53. The van der Waals surface area contributed by atoms with Crippen molar-refractivity contribution < 1.29 is 22.8 Å². The number of benzene rings is 2. The number of carbonyl (C=O) groups excluding carboxylic acids is 2. The van der Waals surface area contributed by atoms with Gasteiger partial charge in [0.1, 0.15) is 0 Å². The SMILES string of the molecule is O=C(CN1CCN(C(=O)CCCc2ccccc2)CC1)Nc1ccccc1C(F)(F)F. The number of anilines is 1. The second kappa shape index (κ2) is 10.4. The summed E-state index contributed by atoms with van der Waals surface area (Å²) in [5, 5.41) is 2.36. The second-order valence-corrected chi connectivity index (χ2v) is 7.59. The van der Waals surface area contributed by atoms with Gasteiger partial charge in [-0.25, -0.2) is 0 Å². The van der Waals surface area contributed by atoms with Crippen LogP contribution in [0.5, 0.6) is 0 Å². The van der Waals surface area contributed by atoms with Crippen LogP contribution in [0, 0.1) is 0 Å². The highest BCUT2D eigenvalue weighted by atomic mass is 19.4. The lowest BCUT2D eigenvalue weighted by Crippen LogP contribution is -2.50. The second-order valence-electron chi connectivity index (χ2n) is 7.59. The number of alkyl halides is 3. The number of nitrogens with one attached hydrogen (secondary N) is 1. The molecule has 166 valence electrons. The average molecular weight is 433 g/mol. The largest absolute Gasteiger partial charge is 0.418 e. The van der Waals surface area contributed by atoms with E-state index in [-0.39, 0.29) is 18.1 Å². The lowest BCUT2D eigenvalue weighted by molar-refractivity contribution is -0.137. The molecule has 1 aliphatic rings. The zero-order valence-corrected chi connectivity index (χ0v) is 17.2. The Morgan fingerprint density at radius 1 is 0.903 bits per heavy atom. The maximum atomic E-state index is 13.1. The molecule has 2 amide bonds. The summed E-state index contributed by atoms with van der Waals surface area (Å²) in [5.74, 6) is -0.404. The van der Waals surface area contributed by atoms with Crippen molar-refractivity contribution in [1.29, 1.82) is 0 Å². The molecule has 2 aromatic carbocycles. The molecule has 0 aromatic heterocycles. The van der Waals surface area contributed by atoms with E-state index in [1.807, 2.05) is 35.2 Å². The number of amides is 2. The summed E-state index contributed by atoms with van der Waals surface area (Å²) in [5.41, 5.74) is 0.0970. The molecule has 2 aromatic rings. The van der Waals surface area contributed by atoms with Crippen LogP contribution in [0.1, 0.15) is 24.0 Å². The number of hydrogen-bond acceptors (Lipinski definition) is 3. The standard InChI is InChI=1S/C23H26F3N3O2/c24-23(25,26)19-10-4-5-11-20(19)27-21(30)17-28-13-15-29(16-14-28)22(31)12-6-9-18-7-2-1-3-8-18/h1-5,7-8,10-11H,6,9,12-17H2,(H,27,30). The Balaban J connectivity index is 1.41. The molecule has 1 N–H and O–H groups in total. The summed E-state index contributed by atoms with van der Waals surface area (Å²) >= 11 is 0. The van der Waals surface area contributed by atoms with E-state index < -0.39 is 17.6 Å². The normalized spacial score (nSPS) is 15.0. The van der Waals surface area contributed by atoms with Gasteiger partial charge in [-0.1, -0.05) is 42.5 Å². The first-order valence-corrected chi connectivity index (χ1v) is 10.3. The molecule has 8 heteroatoms. The summed E-state index contributed by atoms with van der Waals surface area (Å²) in [7, 11) is 0. The fraction of sp³-hybridized carbons (Fsp3) is 0.391. The van der Waals surface area contributed by atoms with Gasteiger partial charge < -0.3 is 10.2 Å². The molecule has 1 aliphatic heterocycles. The molecular weight excluding hydrogens is 407 g/mol. The van der Waals surface area contributed by atoms with Crippen LogP contribution in [-0.2, 0) is 22.2 Å². The molecule has 0 spiro atoms. The van der Waals surface area contributed by atoms with Crippen molar-refractivity contribution in [2.75, 3.05) is 38.0 Å². The molecule has 0 unspecified atom stereocenters. The van der Waals surface area contributed by atoms with Gasteiger partial charge in [0.25, 0.3) is 0 Å². The van der Waals surface area contributed by atoms with E-state index in [4.69, 9.17) is 0 Å². The quantitative estimate of drug-likeness (QED) is 0.723. The van der Waals surface area contributed by atoms with Gasteiger partial charge in [0.05, 0.1) is 17.8 Å². The predicted molar refractivity (Wildman–Crippen MR) is 112 cm³/mol. The lowest BCUT2D eigenvalue weighted by atomic mass is 10.1. The topological polar surface area (TPSA) is 52.7 Å². The number of piperazine rings is 1. The minimum absolute atomic E-state index is 0.0117. The van der Waals surface area contributed by atoms with Crippen molar-refractivity contribution >= 4 is 17.5 Å². The maximum Gasteiger partial charge on any atom is 0.418 e. The number of carbonyl (C=O) groups is 2. The van der Waals surface area contributed by atoms with Gasteiger partial charge in [-0.15, -0.1) is 0 Å². The first kappa shape index (κ1) is 22.8. The summed E-state index contributed by atoms with van der Waals surface area (Å²) in [6, 6.07) is 14.9. The van der Waals surface area contributed by atoms with Crippen LogP contribution in [0.3, 0.4) is 0 Å². The molecule has 0 aliphatic carbocycles. The van der Waals surface area contributed by atoms with Crippen molar-refractivity contribution in [1.82, 2.24) is 9.80 Å². The Kier molecular flexibility index (Phi) is 7.68.